The monoisotopic (exact) mass is 471 g/mol. The molecule has 2 aromatic rings. The van der Waals surface area contributed by atoms with Gasteiger partial charge < -0.3 is 15.8 Å². The van der Waals surface area contributed by atoms with Gasteiger partial charge in [-0.2, -0.15) is 5.26 Å². The number of nitriles is 1. The number of thioether (sulfide) groups is 1. The lowest BCUT2D eigenvalue weighted by atomic mass is 9.81. The van der Waals surface area contributed by atoms with Crippen LogP contribution in [-0.4, -0.2) is 24.2 Å². The van der Waals surface area contributed by atoms with Gasteiger partial charge in [0.2, 0.25) is 5.91 Å². The molecular formula is C23H19ClFN3O3S. The van der Waals surface area contributed by atoms with E-state index in [9.17, 15) is 14.9 Å². The van der Waals surface area contributed by atoms with Crippen molar-refractivity contribution in [3.63, 3.8) is 0 Å². The van der Waals surface area contributed by atoms with E-state index in [1.165, 1.54) is 18.2 Å². The van der Waals surface area contributed by atoms with Crippen molar-refractivity contribution in [2.45, 2.75) is 12.8 Å². The summed E-state index contributed by atoms with van der Waals surface area (Å²) in [4.78, 5) is 24.5. The molecule has 0 aliphatic carbocycles. The van der Waals surface area contributed by atoms with Gasteiger partial charge in [-0.25, -0.2) is 9.18 Å². The third-order valence-corrected chi connectivity index (χ3v) is 6.02. The van der Waals surface area contributed by atoms with Crippen molar-refractivity contribution >= 4 is 40.9 Å². The predicted octanol–water partition coefficient (Wildman–Crippen LogP) is 4.09. The van der Waals surface area contributed by atoms with E-state index in [4.69, 9.17) is 22.1 Å². The Bertz CT molecular complexity index is 1140. The standard InChI is InChI=1S/C23H19ClFN3O3S/c1-2-31-23(30)20-18(19-15(24)9-6-10-16(19)25)14(11-26)22(32-12-17(27)29)28-21(20)13-7-4-3-5-8-13/h3-10,18,28H,2,12H2,1H3,(H2,27,29)/t18-/m1/s1. The van der Waals surface area contributed by atoms with E-state index in [-0.39, 0.29) is 39.1 Å². The van der Waals surface area contributed by atoms with Gasteiger partial charge in [0.05, 0.1) is 46.2 Å². The van der Waals surface area contributed by atoms with Crippen LogP contribution in [-0.2, 0) is 14.3 Å². The average molecular weight is 472 g/mol. The number of primary amides is 1. The molecule has 1 heterocycles. The Morgan fingerprint density at radius 1 is 1.25 bits per heavy atom. The van der Waals surface area contributed by atoms with E-state index < -0.39 is 23.6 Å². The van der Waals surface area contributed by atoms with Gasteiger partial charge in [0.25, 0.3) is 0 Å². The van der Waals surface area contributed by atoms with Crippen LogP contribution >= 0.6 is 23.4 Å². The topological polar surface area (TPSA) is 105 Å². The summed E-state index contributed by atoms with van der Waals surface area (Å²) in [6.07, 6.45) is 0. The first-order valence-corrected chi connectivity index (χ1v) is 11.0. The van der Waals surface area contributed by atoms with Crippen LogP contribution in [0.3, 0.4) is 0 Å². The van der Waals surface area contributed by atoms with Gasteiger partial charge in [-0.3, -0.25) is 4.79 Å². The third-order valence-electron chi connectivity index (χ3n) is 4.66. The van der Waals surface area contributed by atoms with Crippen molar-refractivity contribution in [1.29, 1.82) is 5.26 Å². The Kier molecular flexibility index (Phi) is 7.57. The van der Waals surface area contributed by atoms with Crippen LogP contribution in [0.4, 0.5) is 4.39 Å². The number of hydrogen-bond acceptors (Lipinski definition) is 6. The first-order valence-electron chi connectivity index (χ1n) is 9.62. The Morgan fingerprint density at radius 3 is 2.56 bits per heavy atom. The van der Waals surface area contributed by atoms with E-state index in [1.807, 2.05) is 0 Å². The summed E-state index contributed by atoms with van der Waals surface area (Å²) in [6.45, 7) is 1.73. The van der Waals surface area contributed by atoms with E-state index >= 15 is 4.39 Å². The van der Waals surface area contributed by atoms with Gasteiger partial charge in [0.15, 0.2) is 0 Å². The normalized spacial score (nSPS) is 15.8. The zero-order valence-corrected chi connectivity index (χ0v) is 18.6. The van der Waals surface area contributed by atoms with Gasteiger partial charge in [-0.05, 0) is 24.6 Å². The second-order valence-electron chi connectivity index (χ2n) is 6.68. The molecule has 0 radical (unpaired) electrons. The highest BCUT2D eigenvalue weighted by Crippen LogP contribution is 2.46. The highest BCUT2D eigenvalue weighted by Gasteiger charge is 2.39. The molecule has 2 aromatic carbocycles. The van der Waals surface area contributed by atoms with Crippen LogP contribution in [0.25, 0.3) is 5.70 Å². The van der Waals surface area contributed by atoms with Crippen molar-refractivity contribution < 1.29 is 18.7 Å². The lowest BCUT2D eigenvalue weighted by Gasteiger charge is -2.31. The molecule has 0 bridgehead atoms. The molecule has 3 N–H and O–H groups in total. The summed E-state index contributed by atoms with van der Waals surface area (Å²) in [7, 11) is 0. The summed E-state index contributed by atoms with van der Waals surface area (Å²) in [6, 6.07) is 15.1. The minimum absolute atomic E-state index is 0.0270. The second kappa shape index (κ2) is 10.4. The summed E-state index contributed by atoms with van der Waals surface area (Å²) in [5.41, 5.74) is 6.29. The van der Waals surface area contributed by atoms with Gasteiger partial charge >= 0.3 is 5.97 Å². The third kappa shape index (κ3) is 4.79. The Labute approximate surface area is 193 Å². The molecule has 6 nitrogen and oxygen atoms in total. The average Bonchev–Trinajstić information content (AvgIpc) is 2.77. The molecule has 1 aliphatic rings. The zero-order chi connectivity index (χ0) is 23.3. The van der Waals surface area contributed by atoms with E-state index in [0.717, 1.165) is 11.8 Å². The fraction of sp³-hybridized carbons (Fsp3) is 0.174. The van der Waals surface area contributed by atoms with E-state index in [1.54, 1.807) is 37.3 Å². The van der Waals surface area contributed by atoms with Gasteiger partial charge in [-0.15, -0.1) is 0 Å². The highest BCUT2D eigenvalue weighted by atomic mass is 35.5. The SMILES string of the molecule is CCOC(=O)C1=C(c2ccccc2)NC(SCC(N)=O)=C(C#N)[C@@H]1c1c(F)cccc1Cl. The number of esters is 1. The minimum Gasteiger partial charge on any atom is -0.463 e. The van der Waals surface area contributed by atoms with Crippen LogP contribution in [0.2, 0.25) is 5.02 Å². The molecule has 164 valence electrons. The first kappa shape index (κ1) is 23.4. The lowest BCUT2D eigenvalue weighted by molar-refractivity contribution is -0.138. The van der Waals surface area contributed by atoms with Crippen molar-refractivity contribution in [3.8, 4) is 6.07 Å². The summed E-state index contributed by atoms with van der Waals surface area (Å²) in [5.74, 6) is -3.26. The number of carbonyl (C=O) groups excluding carboxylic acids is 2. The molecule has 0 unspecified atom stereocenters. The van der Waals surface area contributed by atoms with Crippen LogP contribution in [0.15, 0.2) is 64.7 Å². The molecule has 1 amide bonds. The molecule has 1 atom stereocenters. The second-order valence-corrected chi connectivity index (χ2v) is 8.07. The highest BCUT2D eigenvalue weighted by molar-refractivity contribution is 8.03. The number of allylic oxidation sites excluding steroid dienone is 1. The van der Waals surface area contributed by atoms with E-state index in [2.05, 4.69) is 11.4 Å². The number of dihydropyridines is 1. The Morgan fingerprint density at radius 2 is 1.97 bits per heavy atom. The van der Waals surface area contributed by atoms with Crippen LogP contribution < -0.4 is 11.1 Å². The number of nitrogens with one attached hydrogen (secondary N) is 1. The quantitative estimate of drug-likeness (QED) is 0.589. The molecule has 0 spiro atoms. The number of benzene rings is 2. The Hall–Kier alpha value is -3.28. The van der Waals surface area contributed by atoms with E-state index in [0.29, 0.717) is 11.3 Å². The first-order chi connectivity index (χ1) is 15.4. The minimum atomic E-state index is -1.15. The van der Waals surface area contributed by atoms with Crippen molar-refractivity contribution in [2.75, 3.05) is 12.4 Å². The summed E-state index contributed by atoms with van der Waals surface area (Å²) in [5, 5.41) is 13.4. The molecule has 3 rings (SSSR count). The summed E-state index contributed by atoms with van der Waals surface area (Å²) >= 11 is 7.35. The maximum atomic E-state index is 15.0. The fourth-order valence-electron chi connectivity index (χ4n) is 3.38. The number of ether oxygens (including phenoxy) is 1. The zero-order valence-electron chi connectivity index (χ0n) is 17.0. The van der Waals surface area contributed by atoms with Gasteiger partial charge in [-0.1, -0.05) is 59.8 Å². The largest absolute Gasteiger partial charge is 0.463 e. The van der Waals surface area contributed by atoms with Crippen LogP contribution in [0.1, 0.15) is 24.0 Å². The molecule has 1 aliphatic heterocycles. The number of amides is 1. The van der Waals surface area contributed by atoms with Crippen molar-refractivity contribution in [3.05, 3.63) is 86.7 Å². The summed E-state index contributed by atoms with van der Waals surface area (Å²) < 4.78 is 20.3. The molecule has 9 heteroatoms. The van der Waals surface area contributed by atoms with Crippen LogP contribution in [0.5, 0.6) is 0 Å². The molecule has 0 saturated heterocycles. The number of carbonyl (C=O) groups is 2. The van der Waals surface area contributed by atoms with Crippen molar-refractivity contribution in [2.24, 2.45) is 5.73 Å². The molecule has 0 fully saturated rings. The smallest absolute Gasteiger partial charge is 0.337 e. The number of nitrogens with zero attached hydrogens (tertiary/aromatic N) is 1. The molecule has 32 heavy (non-hydrogen) atoms. The maximum absolute atomic E-state index is 15.0. The maximum Gasteiger partial charge on any atom is 0.337 e. The number of nitrogens with two attached hydrogens (primary N) is 1. The van der Waals surface area contributed by atoms with Crippen molar-refractivity contribution in [1.82, 2.24) is 5.32 Å². The number of rotatable bonds is 7. The van der Waals surface area contributed by atoms with Gasteiger partial charge in [0.1, 0.15) is 5.82 Å². The fourth-order valence-corrected chi connectivity index (χ4v) is 4.43. The molecular weight excluding hydrogens is 453 g/mol. The molecule has 0 saturated carbocycles. The van der Waals surface area contributed by atoms with Crippen LogP contribution in [0, 0.1) is 17.1 Å². The Balaban J connectivity index is 2.35. The van der Waals surface area contributed by atoms with Gasteiger partial charge in [0, 0.05) is 10.6 Å². The predicted molar refractivity (Wildman–Crippen MR) is 122 cm³/mol. The number of hydrogen-bond donors (Lipinski definition) is 2. The lowest BCUT2D eigenvalue weighted by Crippen LogP contribution is -2.30. The number of halogens is 2. The molecule has 0 aromatic heterocycles.